The van der Waals surface area contributed by atoms with Crippen LogP contribution >= 0.6 is 0 Å². The Morgan fingerprint density at radius 1 is 1.35 bits per heavy atom. The number of hydrogen-bond donors (Lipinski definition) is 2. The lowest BCUT2D eigenvalue weighted by Gasteiger charge is -2.07. The zero-order valence-corrected chi connectivity index (χ0v) is 9.43. The molecule has 1 amide bonds. The molecule has 0 aromatic heterocycles. The molecular weight excluding hydrogens is 218 g/mol. The van der Waals surface area contributed by atoms with Gasteiger partial charge >= 0.3 is 5.97 Å². The van der Waals surface area contributed by atoms with Gasteiger partial charge < -0.3 is 10.4 Å². The zero-order chi connectivity index (χ0) is 12.7. The number of aliphatic carboxylic acids is 1. The molecule has 0 aliphatic carbocycles. The number of amides is 1. The van der Waals surface area contributed by atoms with Crippen molar-refractivity contribution in [3.05, 3.63) is 35.9 Å². The number of carboxylic acids is 1. The van der Waals surface area contributed by atoms with E-state index in [2.05, 4.69) is 17.2 Å². The smallest absolute Gasteiger partial charge is 0.305 e. The van der Waals surface area contributed by atoms with Crippen molar-refractivity contribution in [2.24, 2.45) is 0 Å². The number of hydrogen-bond acceptors (Lipinski definition) is 2. The predicted octanol–water partition coefficient (Wildman–Crippen LogP) is 1.02. The standard InChI is InChI=1S/C13H13NO3/c1-10(9-13(16)17)14-12(15)8-7-11-5-3-2-4-6-11/h2-6,10H,9H2,1H3,(H,14,15)(H,16,17). The SMILES string of the molecule is CC(CC(=O)O)NC(=O)C#Cc1ccccc1. The molecule has 0 fully saturated rings. The van der Waals surface area contributed by atoms with Crippen LogP contribution in [-0.4, -0.2) is 23.0 Å². The van der Waals surface area contributed by atoms with E-state index in [1.807, 2.05) is 18.2 Å². The van der Waals surface area contributed by atoms with Crippen molar-refractivity contribution in [1.29, 1.82) is 0 Å². The fraction of sp³-hybridized carbons (Fsp3) is 0.231. The predicted molar refractivity (Wildman–Crippen MR) is 63.2 cm³/mol. The third kappa shape index (κ3) is 5.38. The van der Waals surface area contributed by atoms with Crippen LogP contribution in [-0.2, 0) is 9.59 Å². The quantitative estimate of drug-likeness (QED) is 0.763. The van der Waals surface area contributed by atoms with Crippen LogP contribution in [0, 0.1) is 11.8 Å². The molecule has 0 heterocycles. The Morgan fingerprint density at radius 3 is 2.59 bits per heavy atom. The largest absolute Gasteiger partial charge is 0.481 e. The highest BCUT2D eigenvalue weighted by Gasteiger charge is 2.08. The van der Waals surface area contributed by atoms with Gasteiger partial charge in [-0.15, -0.1) is 0 Å². The van der Waals surface area contributed by atoms with E-state index in [1.54, 1.807) is 19.1 Å². The number of carbonyl (C=O) groups excluding carboxylic acids is 1. The second-order valence-electron chi connectivity index (χ2n) is 3.59. The van der Waals surface area contributed by atoms with E-state index < -0.39 is 17.9 Å². The number of nitrogens with one attached hydrogen (secondary N) is 1. The van der Waals surface area contributed by atoms with Crippen LogP contribution in [0.3, 0.4) is 0 Å². The average molecular weight is 231 g/mol. The summed E-state index contributed by atoms with van der Waals surface area (Å²) in [6, 6.07) is 8.68. The molecule has 88 valence electrons. The van der Waals surface area contributed by atoms with Gasteiger partial charge in [-0.2, -0.15) is 0 Å². The first-order valence-electron chi connectivity index (χ1n) is 5.17. The van der Waals surface area contributed by atoms with E-state index in [0.29, 0.717) is 0 Å². The van der Waals surface area contributed by atoms with E-state index in [1.165, 1.54) is 0 Å². The molecule has 0 saturated carbocycles. The molecule has 1 rings (SSSR count). The Bertz CT molecular complexity index is 457. The molecule has 1 unspecified atom stereocenters. The van der Waals surface area contributed by atoms with Gasteiger partial charge in [0.05, 0.1) is 6.42 Å². The van der Waals surface area contributed by atoms with Crippen molar-refractivity contribution in [1.82, 2.24) is 5.32 Å². The second-order valence-corrected chi connectivity index (χ2v) is 3.59. The van der Waals surface area contributed by atoms with Crippen molar-refractivity contribution in [3.8, 4) is 11.8 Å². The second kappa shape index (κ2) is 6.33. The lowest BCUT2D eigenvalue weighted by molar-refractivity contribution is -0.137. The van der Waals surface area contributed by atoms with Crippen LogP contribution in [0.1, 0.15) is 18.9 Å². The first kappa shape index (κ1) is 12.8. The van der Waals surface area contributed by atoms with Crippen LogP contribution in [0.15, 0.2) is 30.3 Å². The first-order chi connectivity index (χ1) is 8.08. The summed E-state index contributed by atoms with van der Waals surface area (Å²) in [6.45, 7) is 1.62. The van der Waals surface area contributed by atoms with E-state index in [4.69, 9.17) is 5.11 Å². The Hall–Kier alpha value is -2.28. The summed E-state index contributed by atoms with van der Waals surface area (Å²) in [4.78, 5) is 21.7. The molecule has 1 aromatic carbocycles. The van der Waals surface area contributed by atoms with E-state index in [-0.39, 0.29) is 6.42 Å². The summed E-state index contributed by atoms with van der Waals surface area (Å²) in [7, 11) is 0. The third-order valence-corrected chi connectivity index (χ3v) is 1.95. The Kier molecular flexibility index (Phi) is 4.77. The molecule has 0 bridgehead atoms. The van der Waals surface area contributed by atoms with Crippen molar-refractivity contribution in [2.45, 2.75) is 19.4 Å². The molecule has 0 spiro atoms. The van der Waals surface area contributed by atoms with Crippen LogP contribution in [0.5, 0.6) is 0 Å². The lowest BCUT2D eigenvalue weighted by Crippen LogP contribution is -2.33. The Labute approximate surface area is 99.7 Å². The zero-order valence-electron chi connectivity index (χ0n) is 9.43. The van der Waals surface area contributed by atoms with Crippen LogP contribution < -0.4 is 5.32 Å². The number of rotatable bonds is 3. The molecule has 0 aliphatic rings. The fourth-order valence-electron chi connectivity index (χ4n) is 1.22. The molecule has 0 radical (unpaired) electrons. The molecule has 0 saturated heterocycles. The summed E-state index contributed by atoms with van der Waals surface area (Å²) < 4.78 is 0. The molecule has 17 heavy (non-hydrogen) atoms. The summed E-state index contributed by atoms with van der Waals surface area (Å²) in [5, 5.41) is 11.0. The number of benzene rings is 1. The Morgan fingerprint density at radius 2 is 2.00 bits per heavy atom. The average Bonchev–Trinajstić information content (AvgIpc) is 2.26. The molecule has 2 N–H and O–H groups in total. The lowest BCUT2D eigenvalue weighted by atomic mass is 10.2. The van der Waals surface area contributed by atoms with Gasteiger partial charge in [0.2, 0.25) is 0 Å². The normalized spacial score (nSPS) is 10.9. The Balaban J connectivity index is 2.50. The maximum atomic E-state index is 11.3. The van der Waals surface area contributed by atoms with Crippen molar-refractivity contribution >= 4 is 11.9 Å². The van der Waals surface area contributed by atoms with Gasteiger partial charge in [-0.25, -0.2) is 0 Å². The number of carboxylic acid groups (broad SMARTS) is 1. The summed E-state index contributed by atoms with van der Waals surface area (Å²) in [5.74, 6) is 3.68. The van der Waals surface area contributed by atoms with Crippen LogP contribution in [0.2, 0.25) is 0 Å². The van der Waals surface area contributed by atoms with E-state index in [0.717, 1.165) is 5.56 Å². The molecule has 4 nitrogen and oxygen atoms in total. The van der Waals surface area contributed by atoms with Crippen LogP contribution in [0.25, 0.3) is 0 Å². The highest BCUT2D eigenvalue weighted by atomic mass is 16.4. The molecular formula is C13H13NO3. The summed E-state index contributed by atoms with van der Waals surface area (Å²) in [6.07, 6.45) is -0.112. The van der Waals surface area contributed by atoms with Crippen LogP contribution in [0.4, 0.5) is 0 Å². The fourth-order valence-corrected chi connectivity index (χ4v) is 1.22. The molecule has 4 heteroatoms. The first-order valence-corrected chi connectivity index (χ1v) is 5.17. The van der Waals surface area contributed by atoms with E-state index in [9.17, 15) is 9.59 Å². The summed E-state index contributed by atoms with van der Waals surface area (Å²) >= 11 is 0. The highest BCUT2D eigenvalue weighted by molar-refractivity contribution is 5.94. The molecule has 1 aromatic rings. The molecule has 0 aliphatic heterocycles. The van der Waals surface area contributed by atoms with Gasteiger partial charge in [-0.05, 0) is 19.1 Å². The van der Waals surface area contributed by atoms with Crippen molar-refractivity contribution in [3.63, 3.8) is 0 Å². The van der Waals surface area contributed by atoms with Gasteiger partial charge in [0, 0.05) is 17.5 Å². The van der Waals surface area contributed by atoms with Crippen molar-refractivity contribution in [2.75, 3.05) is 0 Å². The summed E-state index contributed by atoms with van der Waals surface area (Å²) in [5.41, 5.74) is 0.744. The third-order valence-electron chi connectivity index (χ3n) is 1.95. The minimum Gasteiger partial charge on any atom is -0.481 e. The minimum atomic E-state index is -0.950. The van der Waals surface area contributed by atoms with Gasteiger partial charge in [-0.3, -0.25) is 9.59 Å². The molecule has 1 atom stereocenters. The van der Waals surface area contributed by atoms with Gasteiger partial charge in [-0.1, -0.05) is 24.1 Å². The van der Waals surface area contributed by atoms with Gasteiger partial charge in [0.15, 0.2) is 0 Å². The highest BCUT2D eigenvalue weighted by Crippen LogP contribution is 1.94. The topological polar surface area (TPSA) is 66.4 Å². The maximum absolute atomic E-state index is 11.3. The van der Waals surface area contributed by atoms with E-state index >= 15 is 0 Å². The number of carbonyl (C=O) groups is 2. The van der Waals surface area contributed by atoms with Gasteiger partial charge in [0.1, 0.15) is 0 Å². The monoisotopic (exact) mass is 231 g/mol. The van der Waals surface area contributed by atoms with Crippen molar-refractivity contribution < 1.29 is 14.7 Å². The minimum absolute atomic E-state index is 0.112. The maximum Gasteiger partial charge on any atom is 0.305 e. The van der Waals surface area contributed by atoms with Gasteiger partial charge in [0.25, 0.3) is 5.91 Å².